The fourth-order valence-corrected chi connectivity index (χ4v) is 5.19. The van der Waals surface area contributed by atoms with E-state index < -0.39 is 11.9 Å². The summed E-state index contributed by atoms with van der Waals surface area (Å²) < 4.78 is 35.7. The molecule has 2 aliphatic rings. The molecule has 3 aromatic carbocycles. The van der Waals surface area contributed by atoms with Gasteiger partial charge in [0.15, 0.2) is 0 Å². The number of hydrogen-bond donors (Lipinski definition) is 2. The Morgan fingerprint density at radius 1 is 1.03 bits per heavy atom. The molecule has 6 nitrogen and oxygen atoms in total. The van der Waals surface area contributed by atoms with E-state index in [4.69, 9.17) is 10.5 Å². The summed E-state index contributed by atoms with van der Waals surface area (Å²) in [6.07, 6.45) is 1.44. The van der Waals surface area contributed by atoms with E-state index in [1.54, 1.807) is 12.1 Å². The zero-order chi connectivity index (χ0) is 24.3. The highest BCUT2D eigenvalue weighted by molar-refractivity contribution is 5.96. The zero-order valence-electron chi connectivity index (χ0n) is 19.1. The van der Waals surface area contributed by atoms with E-state index in [1.165, 1.54) is 24.3 Å². The maximum atomic E-state index is 14.0. The molecule has 0 amide bonds. The first-order valence-electron chi connectivity index (χ1n) is 11.4. The molecule has 178 valence electrons. The summed E-state index contributed by atoms with van der Waals surface area (Å²) in [6, 6.07) is 14.7. The molecule has 0 radical (unpaired) electrons. The number of nitrogens with two attached hydrogens (primary N) is 1. The number of likely N-dealkylation sites (tertiary alicyclic amines) is 1. The van der Waals surface area contributed by atoms with Gasteiger partial charge in [-0.15, -0.1) is 0 Å². The van der Waals surface area contributed by atoms with E-state index in [9.17, 15) is 13.9 Å². The number of nitrogens with zero attached hydrogens (tertiary/aromatic N) is 3. The monoisotopic (exact) mass is 474 g/mol. The predicted molar refractivity (Wildman–Crippen MR) is 131 cm³/mol. The number of likely N-dealkylation sites (N-methyl/N-ethyl adjacent to an activating group) is 1. The molecule has 0 spiro atoms. The lowest BCUT2D eigenvalue weighted by atomic mass is 9.92. The number of β-amino-alcohol motifs (C(OH)–C–C–N with tert-alkyl or cyclic N) is 1. The molecule has 1 fully saturated rings. The van der Waals surface area contributed by atoms with E-state index in [-0.39, 0.29) is 18.5 Å². The van der Waals surface area contributed by atoms with E-state index in [0.29, 0.717) is 35.9 Å². The van der Waals surface area contributed by atoms with Crippen LogP contribution in [-0.2, 0) is 6.61 Å². The van der Waals surface area contributed by atoms with E-state index in [2.05, 4.69) is 9.88 Å². The lowest BCUT2D eigenvalue weighted by Crippen LogP contribution is -2.23. The second-order valence-electron chi connectivity index (χ2n) is 9.23. The summed E-state index contributed by atoms with van der Waals surface area (Å²) in [6.45, 7) is 1.40. The van der Waals surface area contributed by atoms with Crippen LogP contribution in [0.15, 0.2) is 54.6 Å². The summed E-state index contributed by atoms with van der Waals surface area (Å²) in [5.41, 5.74) is 11.7. The van der Waals surface area contributed by atoms with Crippen LogP contribution in [-0.4, -0.2) is 45.8 Å². The first kappa shape index (κ1) is 21.8. The summed E-state index contributed by atoms with van der Waals surface area (Å²) in [5.74, 6) is 0.00360. The number of hydrogen-bond acceptors (Lipinski definition) is 5. The smallest absolute Gasteiger partial charge is 0.201 e. The molecule has 4 aromatic rings. The fourth-order valence-electron chi connectivity index (χ4n) is 5.19. The summed E-state index contributed by atoms with van der Waals surface area (Å²) in [5, 5.41) is 10.5. The minimum Gasteiger partial charge on any atom is -0.488 e. The Morgan fingerprint density at radius 3 is 2.57 bits per heavy atom. The molecular formula is C27H24F2N4O2. The van der Waals surface area contributed by atoms with Gasteiger partial charge in [0.2, 0.25) is 5.95 Å². The van der Waals surface area contributed by atoms with E-state index in [1.807, 2.05) is 35.9 Å². The van der Waals surface area contributed by atoms with Gasteiger partial charge < -0.3 is 25.0 Å². The number of fused-ring (bicyclic) bond motifs is 3. The van der Waals surface area contributed by atoms with Gasteiger partial charge in [0.05, 0.1) is 23.2 Å². The van der Waals surface area contributed by atoms with Crippen LogP contribution in [0.5, 0.6) is 5.75 Å². The molecule has 3 heterocycles. The van der Waals surface area contributed by atoms with Gasteiger partial charge >= 0.3 is 0 Å². The van der Waals surface area contributed by atoms with Crippen LogP contribution in [0.1, 0.15) is 28.3 Å². The molecule has 3 N–H and O–H groups in total. The largest absolute Gasteiger partial charge is 0.488 e. The first-order chi connectivity index (χ1) is 16.9. The van der Waals surface area contributed by atoms with Crippen molar-refractivity contribution >= 4 is 28.6 Å². The quantitative estimate of drug-likeness (QED) is 0.455. The number of aliphatic hydroxyl groups excluding tert-OH is 1. The van der Waals surface area contributed by atoms with E-state index in [0.717, 1.165) is 27.8 Å². The van der Waals surface area contributed by atoms with Crippen LogP contribution in [0.4, 0.5) is 14.7 Å². The molecule has 1 aromatic heterocycles. The highest BCUT2D eigenvalue weighted by Gasteiger charge is 2.32. The van der Waals surface area contributed by atoms with Gasteiger partial charge in [-0.1, -0.05) is 12.1 Å². The molecule has 2 atom stereocenters. The Hall–Kier alpha value is -3.75. The maximum Gasteiger partial charge on any atom is 0.201 e. The van der Waals surface area contributed by atoms with Crippen molar-refractivity contribution < 1.29 is 18.6 Å². The number of halogens is 2. The Labute approximate surface area is 200 Å². The minimum atomic E-state index is -0.527. The molecule has 1 saturated heterocycles. The van der Waals surface area contributed by atoms with Crippen LogP contribution < -0.4 is 10.5 Å². The molecule has 0 bridgehead atoms. The third-order valence-corrected chi connectivity index (χ3v) is 6.80. The standard InChI is InChI=1S/C27H24F2N4O2/c1-32-12-24(25(34)13-32)33-23-7-2-15(9-22(23)31-27(33)30)8-21-19-5-3-17(28)10-16(19)14-35-26-11-18(29)4-6-20(21)26/h2-11,24-25,34H,12-14H2,1H3,(H2,30,31)/b21-8+/t24-,25-/m0/s1. The SMILES string of the molecule is CN1C[C@H](O)[C@@H](n2c(N)nc3cc(/C=C4\c5ccc(F)cc5COc5cc(F)ccc54)ccc32)C1. The third-order valence-electron chi connectivity index (χ3n) is 6.80. The van der Waals surface area contributed by atoms with Gasteiger partial charge in [-0.05, 0) is 66.2 Å². The molecule has 6 rings (SSSR count). The van der Waals surface area contributed by atoms with Crippen LogP contribution in [0.2, 0.25) is 0 Å². The van der Waals surface area contributed by atoms with Crippen molar-refractivity contribution in [2.24, 2.45) is 0 Å². The maximum absolute atomic E-state index is 14.0. The number of anilines is 1. The first-order valence-corrected chi connectivity index (χ1v) is 11.4. The minimum absolute atomic E-state index is 0.138. The molecule has 0 aliphatic carbocycles. The molecular weight excluding hydrogens is 450 g/mol. The number of aromatic nitrogens is 2. The lowest BCUT2D eigenvalue weighted by Gasteiger charge is -2.18. The molecule has 0 saturated carbocycles. The Bertz CT molecular complexity index is 1440. The number of rotatable bonds is 2. The second kappa shape index (κ2) is 8.18. The molecule has 8 heteroatoms. The lowest BCUT2D eigenvalue weighted by molar-refractivity contribution is 0.148. The van der Waals surface area contributed by atoms with Gasteiger partial charge in [0, 0.05) is 30.3 Å². The van der Waals surface area contributed by atoms with Crippen LogP contribution in [0.3, 0.4) is 0 Å². The van der Waals surface area contributed by atoms with Crippen molar-refractivity contribution in [3.05, 3.63) is 88.5 Å². The second-order valence-corrected chi connectivity index (χ2v) is 9.23. The highest BCUT2D eigenvalue weighted by atomic mass is 19.1. The van der Waals surface area contributed by atoms with Gasteiger partial charge in [-0.2, -0.15) is 0 Å². The molecule has 35 heavy (non-hydrogen) atoms. The average molecular weight is 475 g/mol. The number of imidazole rings is 1. The zero-order valence-corrected chi connectivity index (χ0v) is 19.1. The van der Waals surface area contributed by atoms with Crippen molar-refractivity contribution in [3.63, 3.8) is 0 Å². The van der Waals surface area contributed by atoms with Crippen molar-refractivity contribution in [1.29, 1.82) is 0 Å². The summed E-state index contributed by atoms with van der Waals surface area (Å²) in [7, 11) is 1.96. The predicted octanol–water partition coefficient (Wildman–Crippen LogP) is 4.23. The van der Waals surface area contributed by atoms with E-state index >= 15 is 0 Å². The van der Waals surface area contributed by atoms with Crippen molar-refractivity contribution in [3.8, 4) is 5.75 Å². The Morgan fingerprint density at radius 2 is 1.80 bits per heavy atom. The van der Waals surface area contributed by atoms with Crippen molar-refractivity contribution in [2.75, 3.05) is 25.9 Å². The average Bonchev–Trinajstić information content (AvgIpc) is 3.27. The number of benzene rings is 3. The van der Waals surface area contributed by atoms with Gasteiger partial charge in [0.25, 0.3) is 0 Å². The molecule has 0 unspecified atom stereocenters. The Kier molecular flexibility index (Phi) is 5.09. The van der Waals surface area contributed by atoms with Crippen molar-refractivity contribution in [2.45, 2.75) is 18.8 Å². The van der Waals surface area contributed by atoms with Gasteiger partial charge in [-0.3, -0.25) is 0 Å². The van der Waals surface area contributed by atoms with Gasteiger partial charge in [0.1, 0.15) is 24.0 Å². The van der Waals surface area contributed by atoms with Crippen LogP contribution in [0, 0.1) is 11.6 Å². The normalized spacial score (nSPS) is 21.1. The van der Waals surface area contributed by atoms with Crippen LogP contribution in [0.25, 0.3) is 22.7 Å². The summed E-state index contributed by atoms with van der Waals surface area (Å²) >= 11 is 0. The highest BCUT2D eigenvalue weighted by Crippen LogP contribution is 2.39. The van der Waals surface area contributed by atoms with Gasteiger partial charge in [-0.25, -0.2) is 13.8 Å². The Balaban J connectivity index is 1.49. The number of aliphatic hydroxyl groups is 1. The fraction of sp³-hybridized carbons (Fsp3) is 0.222. The molecule has 2 aliphatic heterocycles. The van der Waals surface area contributed by atoms with Crippen LogP contribution >= 0.6 is 0 Å². The third kappa shape index (κ3) is 3.75. The number of ether oxygens (including phenoxy) is 1. The summed E-state index contributed by atoms with van der Waals surface area (Å²) in [4.78, 5) is 6.62. The topological polar surface area (TPSA) is 76.5 Å². The van der Waals surface area contributed by atoms with Crippen molar-refractivity contribution in [1.82, 2.24) is 14.5 Å². The number of nitrogen functional groups attached to an aromatic ring is 1.